The van der Waals surface area contributed by atoms with Crippen molar-refractivity contribution < 1.29 is 19.1 Å². The van der Waals surface area contributed by atoms with Crippen LogP contribution in [0.15, 0.2) is 12.7 Å². The lowest BCUT2D eigenvalue weighted by Gasteiger charge is -2.04. The van der Waals surface area contributed by atoms with Gasteiger partial charge >= 0.3 is 11.9 Å². The molecular formula is C17H30O4. The molecule has 0 bridgehead atoms. The van der Waals surface area contributed by atoms with E-state index < -0.39 is 0 Å². The number of unbranched alkanes of at least 4 members (excludes halogenated alkanes) is 9. The smallest absolute Gasteiger partial charge is 0.330 e. The van der Waals surface area contributed by atoms with E-state index in [4.69, 9.17) is 9.47 Å². The van der Waals surface area contributed by atoms with Gasteiger partial charge in [-0.25, -0.2) is 4.79 Å². The monoisotopic (exact) mass is 298 g/mol. The molecule has 0 aromatic heterocycles. The Labute approximate surface area is 128 Å². The normalized spacial score (nSPS) is 10.1. The van der Waals surface area contributed by atoms with Crippen molar-refractivity contribution in [1.29, 1.82) is 0 Å². The molecule has 0 fully saturated rings. The van der Waals surface area contributed by atoms with Gasteiger partial charge in [0, 0.05) is 13.0 Å². The topological polar surface area (TPSA) is 52.6 Å². The molecule has 0 saturated heterocycles. The zero-order valence-corrected chi connectivity index (χ0v) is 13.4. The highest BCUT2D eigenvalue weighted by Crippen LogP contribution is 2.10. The van der Waals surface area contributed by atoms with Crippen molar-refractivity contribution in [3.8, 4) is 0 Å². The van der Waals surface area contributed by atoms with Crippen molar-refractivity contribution in [3.05, 3.63) is 12.7 Å². The van der Waals surface area contributed by atoms with E-state index in [1.807, 2.05) is 0 Å². The molecule has 0 amide bonds. The number of hydrogen-bond acceptors (Lipinski definition) is 4. The van der Waals surface area contributed by atoms with Gasteiger partial charge in [-0.2, -0.15) is 0 Å². The molecule has 0 heterocycles. The third kappa shape index (κ3) is 16.6. The van der Waals surface area contributed by atoms with Gasteiger partial charge < -0.3 is 9.47 Å². The molecule has 0 aliphatic rings. The van der Waals surface area contributed by atoms with E-state index in [9.17, 15) is 9.59 Å². The van der Waals surface area contributed by atoms with Gasteiger partial charge in [-0.15, -0.1) is 0 Å². The minimum atomic E-state index is -0.330. The first-order chi connectivity index (χ1) is 10.2. The highest BCUT2D eigenvalue weighted by molar-refractivity contribution is 5.81. The van der Waals surface area contributed by atoms with Crippen LogP contribution in [0.25, 0.3) is 0 Å². The third-order valence-corrected chi connectivity index (χ3v) is 3.25. The molecule has 0 unspecified atom stereocenters. The van der Waals surface area contributed by atoms with Crippen molar-refractivity contribution in [1.82, 2.24) is 0 Å². The molecule has 0 aromatic rings. The first-order valence-corrected chi connectivity index (χ1v) is 8.09. The lowest BCUT2D eigenvalue weighted by molar-refractivity contribution is -0.141. The molecule has 0 aliphatic carbocycles. The molecule has 4 nitrogen and oxygen atoms in total. The number of hydrogen-bond donors (Lipinski definition) is 0. The fraction of sp³-hybridized carbons (Fsp3) is 0.765. The molecule has 0 spiro atoms. The van der Waals surface area contributed by atoms with E-state index in [2.05, 4.69) is 6.58 Å². The molecule has 0 radical (unpaired) electrons. The molecule has 4 heteroatoms. The van der Waals surface area contributed by atoms with E-state index in [1.165, 1.54) is 51.5 Å². The Hall–Kier alpha value is -1.32. The molecule has 0 aliphatic heterocycles. The van der Waals surface area contributed by atoms with Gasteiger partial charge in [-0.05, 0) is 12.8 Å². The van der Waals surface area contributed by atoms with Crippen LogP contribution in [-0.2, 0) is 19.1 Å². The van der Waals surface area contributed by atoms with Crippen LogP contribution in [0.3, 0.4) is 0 Å². The summed E-state index contributed by atoms with van der Waals surface area (Å²) in [7, 11) is 0. The summed E-state index contributed by atoms with van der Waals surface area (Å²) in [5.74, 6) is -0.516. The van der Waals surface area contributed by atoms with Gasteiger partial charge in [0.05, 0.1) is 13.2 Å². The first kappa shape index (κ1) is 19.7. The summed E-state index contributed by atoms with van der Waals surface area (Å²) in [6, 6.07) is 0. The Morgan fingerprint density at radius 1 is 0.762 bits per heavy atom. The van der Waals surface area contributed by atoms with Gasteiger partial charge in [-0.3, -0.25) is 4.79 Å². The van der Waals surface area contributed by atoms with Crippen molar-refractivity contribution in [2.24, 2.45) is 0 Å². The largest absolute Gasteiger partial charge is 0.466 e. The second-order valence-electron chi connectivity index (χ2n) is 5.25. The summed E-state index contributed by atoms with van der Waals surface area (Å²) < 4.78 is 9.79. The SMILES string of the molecule is C=CC(=O)OCCCCCCCCCCCCOC(C)=O. The van der Waals surface area contributed by atoms with Crippen LogP contribution in [0.2, 0.25) is 0 Å². The number of carbonyl (C=O) groups excluding carboxylic acids is 2. The predicted molar refractivity (Wildman–Crippen MR) is 84.0 cm³/mol. The van der Waals surface area contributed by atoms with Crippen LogP contribution in [-0.4, -0.2) is 25.2 Å². The van der Waals surface area contributed by atoms with Crippen LogP contribution in [0.5, 0.6) is 0 Å². The maximum atomic E-state index is 10.8. The van der Waals surface area contributed by atoms with Crippen LogP contribution < -0.4 is 0 Å². The molecule has 0 saturated carbocycles. The van der Waals surface area contributed by atoms with E-state index in [0.717, 1.165) is 25.7 Å². The second-order valence-corrected chi connectivity index (χ2v) is 5.25. The van der Waals surface area contributed by atoms with Crippen LogP contribution >= 0.6 is 0 Å². The van der Waals surface area contributed by atoms with Gasteiger partial charge in [0.25, 0.3) is 0 Å². The van der Waals surface area contributed by atoms with E-state index in [-0.39, 0.29) is 11.9 Å². The summed E-state index contributed by atoms with van der Waals surface area (Å²) in [4.78, 5) is 21.3. The van der Waals surface area contributed by atoms with Gasteiger partial charge in [0.1, 0.15) is 0 Å². The Morgan fingerprint density at radius 2 is 1.14 bits per heavy atom. The molecule has 0 aromatic carbocycles. The fourth-order valence-electron chi connectivity index (χ4n) is 2.07. The third-order valence-electron chi connectivity index (χ3n) is 3.25. The lowest BCUT2D eigenvalue weighted by atomic mass is 10.1. The maximum absolute atomic E-state index is 10.8. The zero-order chi connectivity index (χ0) is 15.8. The Kier molecular flexibility index (Phi) is 14.1. The van der Waals surface area contributed by atoms with Crippen molar-refractivity contribution in [2.75, 3.05) is 13.2 Å². The summed E-state index contributed by atoms with van der Waals surface area (Å²) in [5, 5.41) is 0. The van der Waals surface area contributed by atoms with Crippen molar-refractivity contribution >= 4 is 11.9 Å². The first-order valence-electron chi connectivity index (χ1n) is 8.09. The molecule has 122 valence electrons. The van der Waals surface area contributed by atoms with E-state index in [0.29, 0.717) is 13.2 Å². The number of carbonyl (C=O) groups is 2. The molecule has 0 N–H and O–H groups in total. The molecule has 21 heavy (non-hydrogen) atoms. The average molecular weight is 298 g/mol. The van der Waals surface area contributed by atoms with Gasteiger partial charge in [-0.1, -0.05) is 57.9 Å². The summed E-state index contributed by atoms with van der Waals surface area (Å²) in [6.07, 6.45) is 12.9. The van der Waals surface area contributed by atoms with Gasteiger partial charge in [0.15, 0.2) is 0 Å². The molecular weight excluding hydrogens is 268 g/mol. The van der Waals surface area contributed by atoms with Crippen LogP contribution in [0.1, 0.15) is 71.1 Å². The highest BCUT2D eigenvalue weighted by atomic mass is 16.5. The minimum absolute atomic E-state index is 0.186. The highest BCUT2D eigenvalue weighted by Gasteiger charge is 1.96. The Balaban J connectivity index is 3.04. The quantitative estimate of drug-likeness (QED) is 0.274. The second kappa shape index (κ2) is 15.1. The summed E-state index contributed by atoms with van der Waals surface area (Å²) in [6.45, 7) is 5.87. The number of esters is 2. The molecule has 0 rings (SSSR count). The Morgan fingerprint density at radius 3 is 1.52 bits per heavy atom. The predicted octanol–water partition coefficient (Wildman–Crippen LogP) is 4.18. The van der Waals surface area contributed by atoms with E-state index in [1.54, 1.807) is 0 Å². The minimum Gasteiger partial charge on any atom is -0.466 e. The fourth-order valence-corrected chi connectivity index (χ4v) is 2.07. The standard InChI is InChI=1S/C17H30O4/c1-3-17(19)21-15-13-11-9-7-5-4-6-8-10-12-14-20-16(2)18/h3H,1,4-15H2,2H3. The number of ether oxygens (including phenoxy) is 2. The average Bonchev–Trinajstić information content (AvgIpc) is 2.46. The summed E-state index contributed by atoms with van der Waals surface area (Å²) in [5.41, 5.74) is 0. The maximum Gasteiger partial charge on any atom is 0.330 e. The summed E-state index contributed by atoms with van der Waals surface area (Å²) >= 11 is 0. The lowest BCUT2D eigenvalue weighted by Crippen LogP contribution is -2.01. The van der Waals surface area contributed by atoms with Crippen LogP contribution in [0.4, 0.5) is 0 Å². The van der Waals surface area contributed by atoms with Crippen LogP contribution in [0, 0.1) is 0 Å². The number of rotatable bonds is 14. The van der Waals surface area contributed by atoms with Crippen molar-refractivity contribution in [3.63, 3.8) is 0 Å². The zero-order valence-electron chi connectivity index (χ0n) is 13.4. The van der Waals surface area contributed by atoms with Crippen molar-refractivity contribution in [2.45, 2.75) is 71.1 Å². The van der Waals surface area contributed by atoms with E-state index >= 15 is 0 Å². The van der Waals surface area contributed by atoms with Gasteiger partial charge in [0.2, 0.25) is 0 Å². The molecule has 0 atom stereocenters. The Bertz CT molecular complexity index is 287.